The van der Waals surface area contributed by atoms with Gasteiger partial charge in [0.05, 0.1) is 6.20 Å². The number of nitrogen functional groups attached to an aromatic ring is 1. The summed E-state index contributed by atoms with van der Waals surface area (Å²) < 4.78 is 0.628. The summed E-state index contributed by atoms with van der Waals surface area (Å²) >= 11 is 3.22. The number of nitrogens with two attached hydrogens (primary N) is 1. The second-order valence-corrected chi connectivity index (χ2v) is 4.42. The maximum atomic E-state index is 5.77. The normalized spacial score (nSPS) is 10.2. The molecule has 3 N–H and O–H groups in total. The molecule has 1 heterocycles. The van der Waals surface area contributed by atoms with Gasteiger partial charge in [0.15, 0.2) is 11.6 Å². The Morgan fingerprint density at radius 3 is 2.94 bits per heavy atom. The Balaban J connectivity index is 2.25. The molecule has 17 heavy (non-hydrogen) atoms. The zero-order valence-electron chi connectivity index (χ0n) is 9.44. The molecule has 4 nitrogen and oxygen atoms in total. The van der Waals surface area contributed by atoms with E-state index in [0.29, 0.717) is 16.2 Å². The van der Waals surface area contributed by atoms with E-state index >= 15 is 0 Å². The topological polar surface area (TPSA) is 63.8 Å². The van der Waals surface area contributed by atoms with E-state index in [9.17, 15) is 0 Å². The van der Waals surface area contributed by atoms with Gasteiger partial charge in [0, 0.05) is 5.69 Å². The predicted octanol–water partition coefficient (Wildman–Crippen LogP) is 3.13. The third kappa shape index (κ3) is 2.94. The van der Waals surface area contributed by atoms with E-state index in [1.54, 1.807) is 6.20 Å². The van der Waals surface area contributed by atoms with Crippen LogP contribution < -0.4 is 11.1 Å². The molecule has 0 spiro atoms. The first kappa shape index (κ1) is 11.9. The summed E-state index contributed by atoms with van der Waals surface area (Å²) in [7, 11) is 0. The van der Waals surface area contributed by atoms with Crippen molar-refractivity contribution in [2.24, 2.45) is 0 Å². The molecule has 0 aliphatic carbocycles. The minimum atomic E-state index is 0.376. The van der Waals surface area contributed by atoms with Crippen LogP contribution in [0.2, 0.25) is 0 Å². The van der Waals surface area contributed by atoms with E-state index < -0.39 is 0 Å². The van der Waals surface area contributed by atoms with E-state index in [1.807, 2.05) is 12.1 Å². The van der Waals surface area contributed by atoms with Crippen LogP contribution in [0, 0.1) is 0 Å². The molecular formula is C12H13BrN4. The second-order valence-electron chi connectivity index (χ2n) is 3.61. The summed E-state index contributed by atoms with van der Waals surface area (Å²) in [6.45, 7) is 2.12. The molecule has 0 atom stereocenters. The van der Waals surface area contributed by atoms with Crippen molar-refractivity contribution in [1.29, 1.82) is 0 Å². The highest BCUT2D eigenvalue weighted by Crippen LogP contribution is 2.21. The van der Waals surface area contributed by atoms with Crippen LogP contribution >= 0.6 is 15.9 Å². The van der Waals surface area contributed by atoms with Crippen molar-refractivity contribution in [3.63, 3.8) is 0 Å². The number of nitrogens with zero attached hydrogens (tertiary/aromatic N) is 2. The quantitative estimate of drug-likeness (QED) is 0.912. The highest BCUT2D eigenvalue weighted by molar-refractivity contribution is 9.10. The second kappa shape index (κ2) is 5.14. The fourth-order valence-corrected chi connectivity index (χ4v) is 1.78. The Labute approximate surface area is 108 Å². The molecule has 1 aromatic heterocycles. The van der Waals surface area contributed by atoms with Crippen LogP contribution in [0.25, 0.3) is 0 Å². The molecular weight excluding hydrogens is 280 g/mol. The Hall–Kier alpha value is -1.62. The van der Waals surface area contributed by atoms with Gasteiger partial charge in [-0.2, -0.15) is 0 Å². The lowest BCUT2D eigenvalue weighted by Crippen LogP contribution is -2.01. The van der Waals surface area contributed by atoms with Crippen LogP contribution in [0.15, 0.2) is 35.1 Å². The van der Waals surface area contributed by atoms with E-state index in [-0.39, 0.29) is 0 Å². The molecule has 2 rings (SSSR count). The highest BCUT2D eigenvalue weighted by atomic mass is 79.9. The van der Waals surface area contributed by atoms with E-state index in [2.05, 4.69) is 50.3 Å². The van der Waals surface area contributed by atoms with Crippen LogP contribution in [0.4, 0.5) is 17.3 Å². The summed E-state index contributed by atoms with van der Waals surface area (Å²) in [6.07, 6.45) is 2.61. The average Bonchev–Trinajstić information content (AvgIpc) is 2.33. The van der Waals surface area contributed by atoms with Gasteiger partial charge in [-0.25, -0.2) is 9.97 Å². The Morgan fingerprint density at radius 2 is 2.24 bits per heavy atom. The van der Waals surface area contributed by atoms with Gasteiger partial charge in [-0.3, -0.25) is 0 Å². The fraction of sp³-hybridized carbons (Fsp3) is 0.167. The van der Waals surface area contributed by atoms with Crippen LogP contribution in [-0.2, 0) is 6.42 Å². The standard InChI is InChI=1S/C12H13BrN4/c1-2-8-4-3-5-9(6-8)16-12-11(14)17-10(13)7-15-12/h3-7H,2H2,1H3,(H2,14,17)(H,15,16). The molecule has 0 fully saturated rings. The van der Waals surface area contributed by atoms with Crippen molar-refractivity contribution in [2.75, 3.05) is 11.1 Å². The molecule has 0 amide bonds. The third-order valence-corrected chi connectivity index (χ3v) is 2.75. The zero-order valence-corrected chi connectivity index (χ0v) is 11.0. The average molecular weight is 293 g/mol. The van der Waals surface area contributed by atoms with Gasteiger partial charge in [0.1, 0.15) is 4.60 Å². The van der Waals surface area contributed by atoms with Crippen LogP contribution in [0.3, 0.4) is 0 Å². The lowest BCUT2D eigenvalue weighted by atomic mass is 10.1. The first-order valence-electron chi connectivity index (χ1n) is 5.33. The fourth-order valence-electron chi connectivity index (χ4n) is 1.48. The minimum absolute atomic E-state index is 0.376. The van der Waals surface area contributed by atoms with E-state index in [1.165, 1.54) is 5.56 Å². The van der Waals surface area contributed by atoms with Crippen molar-refractivity contribution >= 4 is 33.3 Å². The first-order valence-corrected chi connectivity index (χ1v) is 6.12. The van der Waals surface area contributed by atoms with Crippen LogP contribution in [-0.4, -0.2) is 9.97 Å². The summed E-state index contributed by atoms with van der Waals surface area (Å²) in [5, 5.41) is 3.15. The number of hydrogen-bond donors (Lipinski definition) is 2. The number of benzene rings is 1. The van der Waals surface area contributed by atoms with Crippen molar-refractivity contribution < 1.29 is 0 Å². The molecule has 0 aliphatic rings. The largest absolute Gasteiger partial charge is 0.381 e. The molecule has 1 aromatic carbocycles. The molecule has 0 aliphatic heterocycles. The van der Waals surface area contributed by atoms with E-state index in [0.717, 1.165) is 12.1 Å². The van der Waals surface area contributed by atoms with Gasteiger partial charge in [0.25, 0.3) is 0 Å². The number of rotatable bonds is 3. The minimum Gasteiger partial charge on any atom is -0.381 e. The third-order valence-electron chi connectivity index (χ3n) is 2.37. The Bertz CT molecular complexity index is 528. The SMILES string of the molecule is CCc1cccc(Nc2ncc(Br)nc2N)c1. The summed E-state index contributed by atoms with van der Waals surface area (Å²) in [5.41, 5.74) is 8.00. The number of hydrogen-bond acceptors (Lipinski definition) is 4. The van der Waals surface area contributed by atoms with Crippen LogP contribution in [0.5, 0.6) is 0 Å². The molecule has 0 radical (unpaired) electrons. The maximum Gasteiger partial charge on any atom is 0.173 e. The van der Waals surface area contributed by atoms with E-state index in [4.69, 9.17) is 5.73 Å². The lowest BCUT2D eigenvalue weighted by Gasteiger charge is -2.08. The van der Waals surface area contributed by atoms with Crippen molar-refractivity contribution in [1.82, 2.24) is 9.97 Å². The molecule has 0 saturated carbocycles. The van der Waals surface area contributed by atoms with Crippen molar-refractivity contribution in [2.45, 2.75) is 13.3 Å². The zero-order chi connectivity index (χ0) is 12.3. The van der Waals surface area contributed by atoms with Gasteiger partial charge in [-0.05, 0) is 40.0 Å². The molecule has 0 unspecified atom stereocenters. The number of anilines is 3. The summed E-state index contributed by atoms with van der Waals surface area (Å²) in [4.78, 5) is 8.26. The summed E-state index contributed by atoms with van der Waals surface area (Å²) in [6, 6.07) is 8.14. The van der Waals surface area contributed by atoms with Gasteiger partial charge < -0.3 is 11.1 Å². The van der Waals surface area contributed by atoms with Gasteiger partial charge >= 0.3 is 0 Å². The monoisotopic (exact) mass is 292 g/mol. The van der Waals surface area contributed by atoms with Crippen LogP contribution in [0.1, 0.15) is 12.5 Å². The molecule has 2 aromatic rings. The van der Waals surface area contributed by atoms with Gasteiger partial charge in [-0.15, -0.1) is 0 Å². The first-order chi connectivity index (χ1) is 8.19. The Kier molecular flexibility index (Phi) is 3.58. The number of aryl methyl sites for hydroxylation is 1. The highest BCUT2D eigenvalue weighted by Gasteiger charge is 2.03. The van der Waals surface area contributed by atoms with Gasteiger partial charge in [0.2, 0.25) is 0 Å². The van der Waals surface area contributed by atoms with Gasteiger partial charge in [-0.1, -0.05) is 19.1 Å². The Morgan fingerprint density at radius 1 is 1.41 bits per heavy atom. The maximum absolute atomic E-state index is 5.77. The van der Waals surface area contributed by atoms with Crippen molar-refractivity contribution in [3.05, 3.63) is 40.6 Å². The van der Waals surface area contributed by atoms with Crippen molar-refractivity contribution in [3.8, 4) is 0 Å². The number of nitrogens with one attached hydrogen (secondary N) is 1. The molecule has 5 heteroatoms. The molecule has 0 bridgehead atoms. The summed E-state index contributed by atoms with van der Waals surface area (Å²) in [5.74, 6) is 0.947. The predicted molar refractivity (Wildman–Crippen MR) is 73.2 cm³/mol. The lowest BCUT2D eigenvalue weighted by molar-refractivity contribution is 1.14. The molecule has 88 valence electrons. The number of aromatic nitrogens is 2. The smallest absolute Gasteiger partial charge is 0.173 e. The molecule has 0 saturated heterocycles. The number of halogens is 1.